The summed E-state index contributed by atoms with van der Waals surface area (Å²) in [7, 11) is 0. The lowest BCUT2D eigenvalue weighted by atomic mass is 9.73. The number of rotatable bonds is 3. The van der Waals surface area contributed by atoms with E-state index in [9.17, 15) is 19.8 Å². The average molecular weight is 524 g/mol. The molecule has 0 amide bonds. The van der Waals surface area contributed by atoms with Crippen LogP contribution in [0.2, 0.25) is 0 Å². The van der Waals surface area contributed by atoms with Crippen molar-refractivity contribution >= 4 is 23.5 Å². The van der Waals surface area contributed by atoms with Gasteiger partial charge in [-0.1, -0.05) is 41.0 Å². The first kappa shape index (κ1) is 29.2. The van der Waals surface area contributed by atoms with E-state index in [0.29, 0.717) is 11.8 Å². The number of nitrogens with one attached hydrogen (secondary N) is 1. The molecule has 3 heterocycles. The molecule has 3 aliphatic rings. The molecule has 0 saturated carbocycles. The van der Waals surface area contributed by atoms with E-state index < -0.39 is 35.6 Å². The highest BCUT2D eigenvalue weighted by molar-refractivity contribution is 8.02. The Labute approximate surface area is 220 Å². The van der Waals surface area contributed by atoms with E-state index in [1.165, 1.54) is 0 Å². The minimum Gasteiger partial charge on any atom is -0.458 e. The van der Waals surface area contributed by atoms with Gasteiger partial charge in [-0.15, -0.1) is 11.8 Å². The second-order valence-corrected chi connectivity index (χ2v) is 12.8. The van der Waals surface area contributed by atoms with Gasteiger partial charge in [0.05, 0.1) is 41.1 Å². The fraction of sp³-hybridized carbons (Fsp3) is 0.786. The molecule has 3 rings (SSSR count). The molecule has 3 aliphatic heterocycles. The summed E-state index contributed by atoms with van der Waals surface area (Å²) >= 11 is 1.70. The molecule has 8 heteroatoms. The monoisotopic (exact) mass is 523 g/mol. The number of hydrogen-bond donors (Lipinski definition) is 3. The fourth-order valence-corrected chi connectivity index (χ4v) is 6.24. The van der Waals surface area contributed by atoms with Crippen molar-refractivity contribution < 1.29 is 29.3 Å². The van der Waals surface area contributed by atoms with E-state index >= 15 is 0 Å². The summed E-state index contributed by atoms with van der Waals surface area (Å²) in [6, 6.07) is 0. The molecule has 0 spiro atoms. The van der Waals surface area contributed by atoms with E-state index in [-0.39, 0.29) is 29.8 Å². The molecular weight excluding hydrogens is 478 g/mol. The number of cyclic esters (lactones) is 1. The van der Waals surface area contributed by atoms with Crippen molar-refractivity contribution in [2.24, 2.45) is 17.3 Å². The van der Waals surface area contributed by atoms with Crippen molar-refractivity contribution in [3.63, 3.8) is 0 Å². The zero-order valence-electron chi connectivity index (χ0n) is 22.9. The van der Waals surface area contributed by atoms with Crippen LogP contribution in [0.25, 0.3) is 0 Å². The molecule has 204 valence electrons. The Balaban J connectivity index is 1.86. The maximum atomic E-state index is 13.3. The highest BCUT2D eigenvalue weighted by atomic mass is 32.2. The molecule has 36 heavy (non-hydrogen) atoms. The van der Waals surface area contributed by atoms with Gasteiger partial charge in [0.1, 0.15) is 11.9 Å². The topological polar surface area (TPSA) is 108 Å². The molecule has 0 aromatic heterocycles. The Morgan fingerprint density at radius 3 is 2.56 bits per heavy atom. The molecular formula is C28H45NO6S. The van der Waals surface area contributed by atoms with Crippen LogP contribution in [0.3, 0.4) is 0 Å². The maximum absolute atomic E-state index is 13.3. The van der Waals surface area contributed by atoms with Crippen LogP contribution < -0.4 is 5.32 Å². The zero-order chi connectivity index (χ0) is 26.8. The van der Waals surface area contributed by atoms with Crippen LogP contribution in [0.15, 0.2) is 22.8 Å². The Bertz CT molecular complexity index is 885. The van der Waals surface area contributed by atoms with Gasteiger partial charge >= 0.3 is 5.97 Å². The minimum absolute atomic E-state index is 0.0162. The van der Waals surface area contributed by atoms with Gasteiger partial charge in [-0.05, 0) is 56.1 Å². The Kier molecular flexibility index (Phi) is 9.40. The summed E-state index contributed by atoms with van der Waals surface area (Å²) in [5.74, 6) is -1.51. The van der Waals surface area contributed by atoms with Crippen molar-refractivity contribution in [3.8, 4) is 0 Å². The average Bonchev–Trinajstić information content (AvgIpc) is 3.35. The fourth-order valence-electron chi connectivity index (χ4n) is 5.55. The summed E-state index contributed by atoms with van der Waals surface area (Å²) in [6.45, 7) is 13.1. The van der Waals surface area contributed by atoms with Crippen LogP contribution in [0.4, 0.5) is 0 Å². The minimum atomic E-state index is -1.22. The summed E-state index contributed by atoms with van der Waals surface area (Å²) in [5, 5.41) is 27.5. The van der Waals surface area contributed by atoms with Crippen molar-refractivity contribution in [2.45, 2.75) is 122 Å². The van der Waals surface area contributed by atoms with Gasteiger partial charge in [0.15, 0.2) is 0 Å². The molecule has 2 saturated heterocycles. The summed E-state index contributed by atoms with van der Waals surface area (Å²) in [5.41, 5.74) is 0.457. The number of aliphatic hydroxyl groups is 2. The summed E-state index contributed by atoms with van der Waals surface area (Å²) in [4.78, 5) is 26.3. The molecule has 0 aromatic rings. The first-order valence-corrected chi connectivity index (χ1v) is 14.3. The third-order valence-electron chi connectivity index (χ3n) is 8.46. The number of aliphatic hydroxyl groups excluding tert-OH is 2. The summed E-state index contributed by atoms with van der Waals surface area (Å²) in [6.07, 6.45) is 3.12. The van der Waals surface area contributed by atoms with Crippen LogP contribution in [0, 0.1) is 17.3 Å². The van der Waals surface area contributed by atoms with Crippen LogP contribution in [0.1, 0.15) is 87.0 Å². The quantitative estimate of drug-likeness (QED) is 0.367. The molecule has 0 radical (unpaired) electrons. The van der Waals surface area contributed by atoms with Gasteiger partial charge in [-0.25, -0.2) is 0 Å². The molecule has 2 fully saturated rings. The second-order valence-electron chi connectivity index (χ2n) is 11.6. The van der Waals surface area contributed by atoms with Gasteiger partial charge in [0, 0.05) is 18.0 Å². The Morgan fingerprint density at radius 2 is 1.94 bits per heavy atom. The van der Waals surface area contributed by atoms with Crippen LogP contribution in [-0.2, 0) is 19.1 Å². The van der Waals surface area contributed by atoms with Gasteiger partial charge in [0.25, 0.3) is 0 Å². The molecule has 0 aromatic carbocycles. The van der Waals surface area contributed by atoms with E-state index in [1.807, 2.05) is 19.9 Å². The van der Waals surface area contributed by atoms with Gasteiger partial charge < -0.3 is 25.0 Å². The second kappa shape index (κ2) is 11.6. The first-order chi connectivity index (χ1) is 16.8. The van der Waals surface area contributed by atoms with Crippen LogP contribution >= 0.6 is 11.8 Å². The van der Waals surface area contributed by atoms with E-state index in [2.05, 4.69) is 24.6 Å². The smallest absolute Gasteiger partial charge is 0.309 e. The predicted octanol–water partition coefficient (Wildman–Crippen LogP) is 4.47. The SMILES string of the molecule is CC[C@@]12CCC[C@H](C)C(O)[C@@H](C)C(=O)C(C)(C)[C@H](O)CC(=O)OC(/C(C)=C/C3=CSC(C)N3)CC1O2. The van der Waals surface area contributed by atoms with Crippen molar-refractivity contribution in [1.29, 1.82) is 0 Å². The van der Waals surface area contributed by atoms with Crippen LogP contribution in [-0.4, -0.2) is 57.4 Å². The zero-order valence-corrected chi connectivity index (χ0v) is 23.7. The van der Waals surface area contributed by atoms with Crippen LogP contribution in [0.5, 0.6) is 0 Å². The standard InChI is InChI=1S/C28H45NO6S/c1-8-28-11-9-10-16(2)25(32)18(4)26(33)27(6,7)22(30)14-24(31)34-21(13-23(28)35-28)17(3)12-20-15-36-19(5)29-20/h12,15-16,18-19,21-23,25,29-30,32H,8-11,13-14H2,1-7H3/b17-12+/t16-,18+,19?,21?,22+,23?,25?,28+/m0/s1. The number of Topliss-reactive ketones (excluding diaryl/α,β-unsaturated/α-hetero) is 1. The number of ketones is 1. The van der Waals surface area contributed by atoms with Crippen molar-refractivity contribution in [3.05, 3.63) is 22.8 Å². The Morgan fingerprint density at radius 1 is 1.25 bits per heavy atom. The lowest BCUT2D eigenvalue weighted by Crippen LogP contribution is -2.45. The number of carbonyl (C=O) groups excluding carboxylic acids is 2. The number of fused-ring (bicyclic) bond motifs is 1. The lowest BCUT2D eigenvalue weighted by molar-refractivity contribution is -0.154. The maximum Gasteiger partial charge on any atom is 0.309 e. The highest BCUT2D eigenvalue weighted by Gasteiger charge is 2.55. The first-order valence-electron chi connectivity index (χ1n) is 13.4. The largest absolute Gasteiger partial charge is 0.458 e. The number of thioether (sulfide) groups is 1. The van der Waals surface area contributed by atoms with E-state index in [1.54, 1.807) is 32.5 Å². The number of allylic oxidation sites excluding steroid dienone is 1. The number of ether oxygens (including phenoxy) is 2. The molecule has 3 N–H and O–H groups in total. The number of carbonyl (C=O) groups is 2. The molecule has 0 bridgehead atoms. The highest BCUT2D eigenvalue weighted by Crippen LogP contribution is 2.47. The normalized spacial score (nSPS) is 40.6. The van der Waals surface area contributed by atoms with Crippen molar-refractivity contribution in [2.75, 3.05) is 0 Å². The van der Waals surface area contributed by atoms with Gasteiger partial charge in [-0.2, -0.15) is 0 Å². The predicted molar refractivity (Wildman–Crippen MR) is 142 cm³/mol. The molecule has 7 nitrogen and oxygen atoms in total. The Hall–Kier alpha value is -1.35. The third kappa shape index (κ3) is 6.55. The lowest BCUT2D eigenvalue weighted by Gasteiger charge is -2.34. The summed E-state index contributed by atoms with van der Waals surface area (Å²) < 4.78 is 12.1. The molecule has 0 aliphatic carbocycles. The molecule has 8 atom stereocenters. The number of esters is 1. The molecule has 4 unspecified atom stereocenters. The van der Waals surface area contributed by atoms with E-state index in [4.69, 9.17) is 9.47 Å². The van der Waals surface area contributed by atoms with Gasteiger partial charge in [-0.3, -0.25) is 9.59 Å². The third-order valence-corrected chi connectivity index (χ3v) is 9.38. The van der Waals surface area contributed by atoms with E-state index in [0.717, 1.165) is 37.0 Å². The number of epoxide rings is 1. The van der Waals surface area contributed by atoms with Crippen molar-refractivity contribution in [1.82, 2.24) is 5.32 Å². The van der Waals surface area contributed by atoms with Gasteiger partial charge in [0.2, 0.25) is 0 Å². The number of hydrogen-bond acceptors (Lipinski definition) is 8.